The molecule has 2 aromatic heterocycles. The average molecular weight is 348 g/mol. The fourth-order valence-electron chi connectivity index (χ4n) is 2.88. The molecule has 0 saturated carbocycles. The smallest absolute Gasteiger partial charge is 0.0896 e. The molecule has 2 aromatic carbocycles. The van der Waals surface area contributed by atoms with Gasteiger partial charge in [-0.15, -0.1) is 0 Å². The molecule has 0 amide bonds. The lowest BCUT2D eigenvalue weighted by molar-refractivity contribution is 1.16. The van der Waals surface area contributed by atoms with Crippen LogP contribution in [0.15, 0.2) is 89.5 Å². The maximum Gasteiger partial charge on any atom is 0.0896 e. The van der Waals surface area contributed by atoms with Gasteiger partial charge in [0.05, 0.1) is 15.8 Å². The van der Waals surface area contributed by atoms with Crippen molar-refractivity contribution in [1.82, 2.24) is 4.40 Å². The molecule has 0 atom stereocenters. The monoisotopic (exact) mass is 347 g/mol. The van der Waals surface area contributed by atoms with Crippen LogP contribution in [0, 0.1) is 0 Å². The number of rotatable bonds is 2. The summed E-state index contributed by atoms with van der Waals surface area (Å²) in [7, 11) is 0. The van der Waals surface area contributed by atoms with Crippen LogP contribution < -0.4 is 0 Å². The minimum Gasteiger partial charge on any atom is -0.303 e. The zero-order valence-electron chi connectivity index (χ0n) is 11.9. The van der Waals surface area contributed by atoms with Gasteiger partial charge in [0, 0.05) is 5.56 Å². The zero-order chi connectivity index (χ0) is 14.9. The fraction of sp³-hybridized carbons (Fsp3) is 0. The first-order valence-corrected chi connectivity index (χ1v) is 8.05. The quantitative estimate of drug-likeness (QED) is 0.389. The van der Waals surface area contributed by atoms with Crippen LogP contribution in [0.2, 0.25) is 0 Å². The lowest BCUT2D eigenvalue weighted by Gasteiger charge is -2.05. The Hall–Kier alpha value is -2.32. The van der Waals surface area contributed by atoms with Crippen LogP contribution in [-0.2, 0) is 0 Å². The first-order chi connectivity index (χ1) is 10.8. The molecule has 0 fully saturated rings. The molecule has 0 saturated heterocycles. The molecule has 2 heterocycles. The Morgan fingerprint density at radius 3 is 1.95 bits per heavy atom. The van der Waals surface area contributed by atoms with Gasteiger partial charge in [0.2, 0.25) is 0 Å². The number of pyridine rings is 1. The van der Waals surface area contributed by atoms with Gasteiger partial charge in [0.1, 0.15) is 0 Å². The largest absolute Gasteiger partial charge is 0.303 e. The zero-order valence-corrected chi connectivity index (χ0v) is 13.5. The van der Waals surface area contributed by atoms with Crippen LogP contribution in [0.25, 0.3) is 27.9 Å². The molecule has 0 unspecified atom stereocenters. The predicted octanol–water partition coefficient (Wildman–Crippen LogP) is 6.04. The number of benzene rings is 2. The van der Waals surface area contributed by atoms with Crippen LogP contribution in [0.1, 0.15) is 0 Å². The first-order valence-electron chi connectivity index (χ1n) is 7.25. The predicted molar refractivity (Wildman–Crippen MR) is 96.0 cm³/mol. The highest BCUT2D eigenvalue weighted by Gasteiger charge is 2.13. The van der Waals surface area contributed by atoms with Gasteiger partial charge in [-0.2, -0.15) is 0 Å². The SMILES string of the molecule is Brc1cccc2c(-c3ccccc3)cc(-c3ccccc3)n12. The van der Waals surface area contributed by atoms with Crippen molar-refractivity contribution < 1.29 is 0 Å². The van der Waals surface area contributed by atoms with Gasteiger partial charge in [-0.1, -0.05) is 66.7 Å². The van der Waals surface area contributed by atoms with Crippen molar-refractivity contribution in [2.45, 2.75) is 0 Å². The van der Waals surface area contributed by atoms with Gasteiger partial charge in [-0.05, 0) is 45.3 Å². The molecular weight excluding hydrogens is 334 g/mol. The maximum absolute atomic E-state index is 3.69. The van der Waals surface area contributed by atoms with Gasteiger partial charge in [-0.3, -0.25) is 0 Å². The number of aromatic nitrogens is 1. The van der Waals surface area contributed by atoms with Crippen LogP contribution in [0.3, 0.4) is 0 Å². The van der Waals surface area contributed by atoms with Gasteiger partial charge in [-0.25, -0.2) is 0 Å². The Labute approximate surface area is 138 Å². The van der Waals surface area contributed by atoms with E-state index in [-0.39, 0.29) is 0 Å². The van der Waals surface area contributed by atoms with E-state index in [1.54, 1.807) is 0 Å². The van der Waals surface area contributed by atoms with E-state index in [2.05, 4.69) is 99.2 Å². The molecule has 4 aromatic rings. The number of hydrogen-bond donors (Lipinski definition) is 0. The summed E-state index contributed by atoms with van der Waals surface area (Å²) in [6.45, 7) is 0. The lowest BCUT2D eigenvalue weighted by Crippen LogP contribution is -1.89. The standard InChI is InChI=1S/C20H14BrN/c21-20-13-7-12-18-17(15-8-3-1-4-9-15)14-19(22(18)20)16-10-5-2-6-11-16/h1-14H. The third-order valence-corrected chi connectivity index (χ3v) is 4.51. The molecule has 1 nitrogen and oxygen atoms in total. The van der Waals surface area contributed by atoms with E-state index in [1.807, 2.05) is 6.07 Å². The van der Waals surface area contributed by atoms with Crippen molar-refractivity contribution in [3.8, 4) is 22.4 Å². The van der Waals surface area contributed by atoms with E-state index in [4.69, 9.17) is 0 Å². The summed E-state index contributed by atoms with van der Waals surface area (Å²) in [5.74, 6) is 0. The molecule has 2 heteroatoms. The summed E-state index contributed by atoms with van der Waals surface area (Å²) in [6.07, 6.45) is 0. The Balaban J connectivity index is 2.07. The molecule has 0 radical (unpaired) electrons. The van der Waals surface area contributed by atoms with Crippen LogP contribution in [-0.4, -0.2) is 4.40 Å². The van der Waals surface area contributed by atoms with Crippen molar-refractivity contribution in [2.75, 3.05) is 0 Å². The number of halogens is 1. The minimum atomic E-state index is 1.06. The van der Waals surface area contributed by atoms with Gasteiger partial charge in [0.25, 0.3) is 0 Å². The second-order valence-corrected chi connectivity index (χ2v) is 6.06. The Morgan fingerprint density at radius 2 is 1.27 bits per heavy atom. The second-order valence-electron chi connectivity index (χ2n) is 5.24. The maximum atomic E-state index is 3.69. The first kappa shape index (κ1) is 13.4. The average Bonchev–Trinajstić information content (AvgIpc) is 2.98. The Morgan fingerprint density at radius 1 is 0.636 bits per heavy atom. The van der Waals surface area contributed by atoms with Crippen molar-refractivity contribution in [3.05, 3.63) is 89.5 Å². The van der Waals surface area contributed by atoms with Gasteiger partial charge >= 0.3 is 0 Å². The van der Waals surface area contributed by atoms with E-state index < -0.39 is 0 Å². The normalized spacial score (nSPS) is 11.0. The molecule has 0 aliphatic carbocycles. The number of nitrogens with zero attached hydrogens (tertiary/aromatic N) is 1. The highest BCUT2D eigenvalue weighted by Crippen LogP contribution is 2.35. The van der Waals surface area contributed by atoms with Crippen LogP contribution in [0.5, 0.6) is 0 Å². The number of hydrogen-bond acceptors (Lipinski definition) is 0. The Bertz CT molecular complexity index is 924. The summed E-state index contributed by atoms with van der Waals surface area (Å²) in [5, 5.41) is 0. The molecular formula is C20H14BrN. The lowest BCUT2D eigenvalue weighted by atomic mass is 10.1. The van der Waals surface area contributed by atoms with E-state index in [0.29, 0.717) is 0 Å². The molecule has 4 rings (SSSR count). The molecule has 0 N–H and O–H groups in total. The van der Waals surface area contributed by atoms with E-state index in [1.165, 1.54) is 27.9 Å². The third kappa shape index (κ3) is 2.16. The molecule has 0 aliphatic rings. The van der Waals surface area contributed by atoms with Crippen molar-refractivity contribution in [1.29, 1.82) is 0 Å². The van der Waals surface area contributed by atoms with E-state index in [9.17, 15) is 0 Å². The summed E-state index contributed by atoms with van der Waals surface area (Å²) in [6, 6.07) is 29.6. The highest BCUT2D eigenvalue weighted by molar-refractivity contribution is 9.10. The minimum absolute atomic E-state index is 1.06. The fourth-order valence-corrected chi connectivity index (χ4v) is 3.42. The third-order valence-electron chi connectivity index (χ3n) is 3.89. The molecule has 106 valence electrons. The van der Waals surface area contributed by atoms with Gasteiger partial charge in [0.15, 0.2) is 0 Å². The van der Waals surface area contributed by atoms with Gasteiger partial charge < -0.3 is 4.40 Å². The topological polar surface area (TPSA) is 4.41 Å². The van der Waals surface area contributed by atoms with Crippen LogP contribution in [0.4, 0.5) is 0 Å². The van der Waals surface area contributed by atoms with E-state index in [0.717, 1.165) is 4.60 Å². The summed E-state index contributed by atoms with van der Waals surface area (Å²) >= 11 is 3.69. The molecule has 22 heavy (non-hydrogen) atoms. The van der Waals surface area contributed by atoms with Crippen molar-refractivity contribution in [3.63, 3.8) is 0 Å². The molecule has 0 spiro atoms. The summed E-state index contributed by atoms with van der Waals surface area (Å²) in [5.41, 5.74) is 6.11. The van der Waals surface area contributed by atoms with Crippen molar-refractivity contribution in [2.24, 2.45) is 0 Å². The van der Waals surface area contributed by atoms with E-state index >= 15 is 0 Å². The van der Waals surface area contributed by atoms with Crippen molar-refractivity contribution >= 4 is 21.4 Å². The second kappa shape index (κ2) is 5.47. The molecule has 0 aliphatic heterocycles. The molecule has 0 bridgehead atoms. The highest BCUT2D eigenvalue weighted by atomic mass is 79.9. The summed E-state index contributed by atoms with van der Waals surface area (Å²) in [4.78, 5) is 0. The van der Waals surface area contributed by atoms with Crippen LogP contribution >= 0.6 is 15.9 Å². The Kier molecular flexibility index (Phi) is 3.32. The number of fused-ring (bicyclic) bond motifs is 1. The summed E-state index contributed by atoms with van der Waals surface area (Å²) < 4.78 is 3.32.